The number of aryl methyl sites for hydroxylation is 1. The number of hydrogen-bond acceptors (Lipinski definition) is 12. The Morgan fingerprint density at radius 3 is 2.63 bits per heavy atom. The lowest BCUT2D eigenvalue weighted by Crippen LogP contribution is -2.47. The van der Waals surface area contributed by atoms with Gasteiger partial charge >= 0.3 is 0 Å². The van der Waals surface area contributed by atoms with Crippen molar-refractivity contribution in [3.8, 4) is 28.5 Å². The summed E-state index contributed by atoms with van der Waals surface area (Å²) in [5, 5.41) is 18.2. The Hall–Kier alpha value is -6.09. The quantitative estimate of drug-likeness (QED) is 0.0758. The Morgan fingerprint density at radius 1 is 1.07 bits per heavy atom. The number of H-pyrrole nitrogens is 1. The summed E-state index contributed by atoms with van der Waals surface area (Å²) < 4.78 is 12.2. The number of nitro groups is 1. The van der Waals surface area contributed by atoms with Crippen molar-refractivity contribution >= 4 is 29.0 Å². The Labute approximate surface area is 330 Å². The van der Waals surface area contributed by atoms with Crippen molar-refractivity contribution in [3.63, 3.8) is 0 Å². The number of pyridine rings is 1. The molecule has 3 atom stereocenters. The maximum Gasteiger partial charge on any atom is 0.269 e. The van der Waals surface area contributed by atoms with Gasteiger partial charge in [-0.3, -0.25) is 29.7 Å². The molecule has 0 saturated carbocycles. The van der Waals surface area contributed by atoms with Crippen LogP contribution in [0, 0.1) is 34.3 Å². The highest BCUT2D eigenvalue weighted by Crippen LogP contribution is 2.53. The third kappa shape index (κ3) is 7.46. The van der Waals surface area contributed by atoms with Crippen molar-refractivity contribution in [3.05, 3.63) is 99.6 Å². The van der Waals surface area contributed by atoms with E-state index in [2.05, 4.69) is 34.0 Å². The van der Waals surface area contributed by atoms with E-state index in [-0.39, 0.29) is 52.2 Å². The molecule has 0 unspecified atom stereocenters. The summed E-state index contributed by atoms with van der Waals surface area (Å²) >= 11 is 0. The number of fused-ring (bicyclic) bond motifs is 4. The standard InChI is InChI=1S/C42H45N9O6/c1-5-50-37(53)23-49(40-41(50)47-35(22-43-40)30-12-13-34(46-25(30)2)39-44-24-45-48-39)17-19-56-29-10-7-26(8-11-29)36(52)14-16-42(3,4)33-20-27-6-9-28(51(54)55)21-32(27)38-31(33)15-18-57-38/h6-13,21-22,24,31,33,38H,5,14-20,23H2,1-4H3,(H,44,45,48)/t31-,33-,38-/m0/s1. The first-order valence-corrected chi connectivity index (χ1v) is 19.4. The Bertz CT molecular complexity index is 2310. The van der Waals surface area contributed by atoms with Crippen LogP contribution in [0.25, 0.3) is 22.8 Å². The highest BCUT2D eigenvalue weighted by Gasteiger charge is 2.47. The van der Waals surface area contributed by atoms with E-state index in [0.717, 1.165) is 35.2 Å². The van der Waals surface area contributed by atoms with Gasteiger partial charge in [0.15, 0.2) is 23.2 Å². The van der Waals surface area contributed by atoms with Crippen LogP contribution < -0.4 is 14.5 Å². The zero-order valence-corrected chi connectivity index (χ0v) is 32.5. The van der Waals surface area contributed by atoms with Gasteiger partial charge in [-0.2, -0.15) is 5.10 Å². The highest BCUT2D eigenvalue weighted by atomic mass is 16.6. The number of nitro benzene ring substituents is 1. The Morgan fingerprint density at radius 2 is 1.89 bits per heavy atom. The van der Waals surface area contributed by atoms with Crippen molar-refractivity contribution in [2.45, 2.75) is 59.5 Å². The molecule has 2 aromatic carbocycles. The molecule has 2 aliphatic heterocycles. The van der Waals surface area contributed by atoms with Gasteiger partial charge in [-0.25, -0.2) is 19.9 Å². The van der Waals surface area contributed by atoms with E-state index < -0.39 is 0 Å². The van der Waals surface area contributed by atoms with E-state index in [9.17, 15) is 19.7 Å². The van der Waals surface area contributed by atoms with Crippen molar-refractivity contribution in [2.75, 3.05) is 42.6 Å². The number of amides is 1. The molecule has 1 N–H and O–H groups in total. The van der Waals surface area contributed by atoms with E-state index in [1.165, 1.54) is 6.33 Å². The number of nitrogens with zero attached hydrogens (tertiary/aromatic N) is 8. The smallest absolute Gasteiger partial charge is 0.269 e. The van der Waals surface area contributed by atoms with Crippen LogP contribution in [0.1, 0.15) is 73.3 Å². The average molecular weight is 772 g/mol. The molecule has 0 radical (unpaired) electrons. The lowest BCUT2D eigenvalue weighted by Gasteiger charge is -2.44. The van der Waals surface area contributed by atoms with Gasteiger partial charge in [0.05, 0.1) is 36.0 Å². The molecule has 1 fully saturated rings. The average Bonchev–Trinajstić information content (AvgIpc) is 3.94. The molecule has 1 aliphatic carbocycles. The van der Waals surface area contributed by atoms with Gasteiger partial charge < -0.3 is 14.4 Å². The molecule has 294 valence electrons. The number of rotatable bonds is 13. The largest absolute Gasteiger partial charge is 0.492 e. The molecule has 15 nitrogen and oxygen atoms in total. The number of ketones is 1. The second-order valence-corrected chi connectivity index (χ2v) is 15.6. The van der Waals surface area contributed by atoms with Crippen molar-refractivity contribution < 1.29 is 24.0 Å². The second-order valence-electron chi connectivity index (χ2n) is 15.6. The van der Waals surface area contributed by atoms with Gasteiger partial charge in [0.25, 0.3) is 5.69 Å². The molecule has 8 rings (SSSR count). The molecule has 3 aromatic heterocycles. The van der Waals surface area contributed by atoms with E-state index >= 15 is 0 Å². The van der Waals surface area contributed by atoms with E-state index in [1.807, 2.05) is 36.9 Å². The molecule has 5 aromatic rings. The topological polar surface area (TPSA) is 182 Å². The first kappa shape index (κ1) is 37.8. The van der Waals surface area contributed by atoms with Crippen LogP contribution in [0.2, 0.25) is 0 Å². The predicted molar refractivity (Wildman–Crippen MR) is 212 cm³/mol. The number of likely N-dealkylation sites (N-methyl/N-ethyl adjacent to an activating group) is 1. The zero-order chi connectivity index (χ0) is 39.8. The fraction of sp³-hybridized carbons (Fsp3) is 0.405. The molecule has 0 spiro atoms. The van der Waals surface area contributed by atoms with Crippen LogP contribution >= 0.6 is 0 Å². The number of carbonyl (C=O) groups is 2. The minimum atomic E-state index is -0.351. The first-order valence-electron chi connectivity index (χ1n) is 19.4. The number of anilines is 2. The fourth-order valence-corrected chi connectivity index (χ4v) is 8.66. The van der Waals surface area contributed by atoms with Crippen molar-refractivity contribution in [1.82, 2.24) is 30.1 Å². The van der Waals surface area contributed by atoms with Gasteiger partial charge in [0, 0.05) is 48.5 Å². The molecule has 1 saturated heterocycles. The van der Waals surface area contributed by atoms with Gasteiger partial charge in [-0.15, -0.1) is 0 Å². The summed E-state index contributed by atoms with van der Waals surface area (Å²) in [7, 11) is 0. The molecule has 15 heteroatoms. The molecular weight excluding hydrogens is 727 g/mol. The molecule has 1 amide bonds. The minimum Gasteiger partial charge on any atom is -0.492 e. The maximum atomic E-state index is 13.4. The van der Waals surface area contributed by atoms with E-state index in [4.69, 9.17) is 19.4 Å². The number of nitrogens with one attached hydrogen (secondary N) is 1. The molecule has 5 heterocycles. The Balaban J connectivity index is 0.880. The van der Waals surface area contributed by atoms with Gasteiger partial charge in [0.2, 0.25) is 5.91 Å². The number of ether oxygens (including phenoxy) is 2. The number of aromatic nitrogens is 6. The second kappa shape index (κ2) is 15.4. The third-order valence-corrected chi connectivity index (χ3v) is 11.8. The number of hydrogen-bond donors (Lipinski definition) is 1. The van der Waals surface area contributed by atoms with Crippen LogP contribution in [0.3, 0.4) is 0 Å². The number of non-ortho nitro benzene ring substituents is 1. The Kier molecular flexibility index (Phi) is 10.2. The fourth-order valence-electron chi connectivity index (χ4n) is 8.66. The van der Waals surface area contributed by atoms with Crippen molar-refractivity contribution in [2.24, 2.45) is 17.3 Å². The number of benzene rings is 2. The maximum absolute atomic E-state index is 13.4. The molecule has 0 bridgehead atoms. The first-order chi connectivity index (χ1) is 27.5. The number of aromatic amines is 1. The SMILES string of the molecule is CCN1C(=O)CN(CCOc2ccc(C(=O)CCC(C)(C)[C@H]3Cc4ccc([N+](=O)[O-])cc4[C@H]4OCC[C@H]43)cc2)c2ncc(-c3ccc(-c4ncn[nH]4)nc3C)nc21. The van der Waals surface area contributed by atoms with Gasteiger partial charge in [0.1, 0.15) is 24.4 Å². The van der Waals surface area contributed by atoms with Gasteiger partial charge in [-0.05, 0) is 97.9 Å². The zero-order valence-electron chi connectivity index (χ0n) is 32.5. The summed E-state index contributed by atoms with van der Waals surface area (Å²) in [6.45, 7) is 10.2. The minimum absolute atomic E-state index is 0.0688. The van der Waals surface area contributed by atoms with Crippen LogP contribution in [-0.4, -0.2) is 79.6 Å². The molecule has 57 heavy (non-hydrogen) atoms. The van der Waals surface area contributed by atoms with Crippen LogP contribution in [0.4, 0.5) is 17.3 Å². The summed E-state index contributed by atoms with van der Waals surface area (Å²) in [5.74, 6) is 2.83. The summed E-state index contributed by atoms with van der Waals surface area (Å²) in [6.07, 6.45) is 5.81. The summed E-state index contributed by atoms with van der Waals surface area (Å²) in [6, 6.07) is 16.1. The summed E-state index contributed by atoms with van der Waals surface area (Å²) in [4.78, 5) is 59.8. The van der Waals surface area contributed by atoms with Crippen LogP contribution in [-0.2, 0) is 16.0 Å². The predicted octanol–water partition coefficient (Wildman–Crippen LogP) is 6.73. The monoisotopic (exact) mass is 771 g/mol. The summed E-state index contributed by atoms with van der Waals surface area (Å²) in [5.41, 5.74) is 5.42. The van der Waals surface area contributed by atoms with Crippen LogP contribution in [0.5, 0.6) is 5.75 Å². The van der Waals surface area contributed by atoms with Gasteiger partial charge in [-0.1, -0.05) is 19.9 Å². The number of carbonyl (C=O) groups excluding carboxylic acids is 2. The molecular formula is C42H45N9O6. The van der Waals surface area contributed by atoms with E-state index in [1.54, 1.807) is 47.5 Å². The van der Waals surface area contributed by atoms with Crippen LogP contribution in [0.15, 0.2) is 67.1 Å². The third-order valence-electron chi connectivity index (χ3n) is 11.8. The highest BCUT2D eigenvalue weighted by molar-refractivity contribution is 6.01. The number of Topliss-reactive ketones (excluding diaryl/α,β-unsaturated/α-hetero) is 1. The van der Waals surface area contributed by atoms with Crippen molar-refractivity contribution in [1.29, 1.82) is 0 Å². The normalized spacial score (nSPS) is 18.9. The lowest BCUT2D eigenvalue weighted by molar-refractivity contribution is -0.385. The molecule has 3 aliphatic rings. The van der Waals surface area contributed by atoms with E-state index in [0.29, 0.717) is 79.3 Å². The lowest BCUT2D eigenvalue weighted by atomic mass is 9.61.